The second-order valence-electron chi connectivity index (χ2n) is 5.11. The lowest BCUT2D eigenvalue weighted by atomic mass is 10.2. The molecule has 0 aliphatic carbocycles. The summed E-state index contributed by atoms with van der Waals surface area (Å²) in [6.07, 6.45) is 0. The molecular formula is C16H15BrN4O3S. The van der Waals surface area contributed by atoms with Crippen molar-refractivity contribution in [3.63, 3.8) is 0 Å². The molecule has 2 aromatic heterocycles. The number of nitrogen functional groups attached to an aromatic ring is 1. The summed E-state index contributed by atoms with van der Waals surface area (Å²) in [6, 6.07) is 11.0. The second-order valence-corrected chi connectivity index (χ2v) is 7.27. The Balaban J connectivity index is 1.81. The molecule has 0 fully saturated rings. The summed E-state index contributed by atoms with van der Waals surface area (Å²) >= 11 is 4.87. The minimum Gasteiger partial charge on any atom is -0.463 e. The molecule has 1 unspecified atom stereocenters. The summed E-state index contributed by atoms with van der Waals surface area (Å²) in [5.74, 6) is 6.97. The van der Waals surface area contributed by atoms with Crippen LogP contribution in [0.15, 0.2) is 50.4 Å². The lowest BCUT2D eigenvalue weighted by Gasteiger charge is -2.08. The minimum atomic E-state index is -0.512. The molecule has 0 saturated carbocycles. The number of hydrogen-bond donors (Lipinski definition) is 1. The molecule has 0 aliphatic heterocycles. The SMILES string of the molecule is COC(=O)c1ccc(C(C)Sc2nnc(-c3ccccc3Br)n2N)o1. The Hall–Kier alpha value is -2.26. The van der Waals surface area contributed by atoms with Gasteiger partial charge in [-0.25, -0.2) is 9.47 Å². The predicted molar refractivity (Wildman–Crippen MR) is 97.6 cm³/mol. The molecule has 3 aromatic rings. The maximum atomic E-state index is 11.5. The molecule has 7 nitrogen and oxygen atoms in total. The van der Waals surface area contributed by atoms with Gasteiger partial charge in [-0.1, -0.05) is 39.8 Å². The minimum absolute atomic E-state index is 0.114. The van der Waals surface area contributed by atoms with Gasteiger partial charge < -0.3 is 15.0 Å². The first-order valence-corrected chi connectivity index (χ1v) is 8.98. The molecular weight excluding hydrogens is 408 g/mol. The molecule has 2 N–H and O–H groups in total. The maximum absolute atomic E-state index is 11.5. The number of esters is 1. The number of ether oxygens (including phenoxy) is 1. The van der Waals surface area contributed by atoms with Crippen molar-refractivity contribution in [1.29, 1.82) is 0 Å². The van der Waals surface area contributed by atoms with Gasteiger partial charge in [0.25, 0.3) is 0 Å². The Morgan fingerprint density at radius 1 is 1.32 bits per heavy atom. The highest BCUT2D eigenvalue weighted by molar-refractivity contribution is 9.10. The summed E-state index contributed by atoms with van der Waals surface area (Å²) in [7, 11) is 1.31. The summed E-state index contributed by atoms with van der Waals surface area (Å²) in [5, 5.41) is 8.75. The molecule has 2 heterocycles. The number of thioether (sulfide) groups is 1. The maximum Gasteiger partial charge on any atom is 0.373 e. The van der Waals surface area contributed by atoms with Gasteiger partial charge in [0, 0.05) is 10.0 Å². The lowest BCUT2D eigenvalue weighted by Crippen LogP contribution is -2.12. The molecule has 0 bridgehead atoms. The molecule has 3 rings (SSSR count). The molecule has 0 aliphatic rings. The third-order valence-electron chi connectivity index (χ3n) is 3.48. The van der Waals surface area contributed by atoms with Crippen LogP contribution in [0.1, 0.15) is 28.5 Å². The number of carbonyl (C=O) groups excluding carboxylic acids is 1. The highest BCUT2D eigenvalue weighted by Gasteiger charge is 2.20. The Kier molecular flexibility index (Phi) is 5.14. The van der Waals surface area contributed by atoms with E-state index in [0.29, 0.717) is 16.7 Å². The van der Waals surface area contributed by atoms with E-state index >= 15 is 0 Å². The number of hydrogen-bond acceptors (Lipinski definition) is 7. The average Bonchev–Trinajstić information content (AvgIpc) is 3.23. The Labute approximate surface area is 156 Å². The molecule has 130 valence electrons. The average molecular weight is 423 g/mol. The largest absolute Gasteiger partial charge is 0.463 e. The number of halogens is 1. The fraction of sp³-hybridized carbons (Fsp3) is 0.188. The van der Waals surface area contributed by atoms with E-state index in [-0.39, 0.29) is 11.0 Å². The van der Waals surface area contributed by atoms with Gasteiger partial charge in [-0.3, -0.25) is 0 Å². The first-order valence-electron chi connectivity index (χ1n) is 7.31. The molecule has 0 saturated heterocycles. The molecule has 0 amide bonds. The van der Waals surface area contributed by atoms with Crippen LogP contribution < -0.4 is 5.84 Å². The summed E-state index contributed by atoms with van der Waals surface area (Å²) < 4.78 is 12.5. The fourth-order valence-corrected chi connectivity index (χ4v) is 3.49. The van der Waals surface area contributed by atoms with Crippen molar-refractivity contribution in [3.05, 3.63) is 52.4 Å². The van der Waals surface area contributed by atoms with Crippen LogP contribution in [0.5, 0.6) is 0 Å². The van der Waals surface area contributed by atoms with Gasteiger partial charge >= 0.3 is 5.97 Å². The van der Waals surface area contributed by atoms with Crippen molar-refractivity contribution in [2.24, 2.45) is 0 Å². The smallest absolute Gasteiger partial charge is 0.373 e. The Morgan fingerprint density at radius 2 is 2.08 bits per heavy atom. The van der Waals surface area contributed by atoms with Gasteiger partial charge in [0.05, 0.1) is 12.4 Å². The first kappa shape index (κ1) is 17.6. The van der Waals surface area contributed by atoms with E-state index in [1.54, 1.807) is 12.1 Å². The van der Waals surface area contributed by atoms with E-state index in [1.807, 2.05) is 31.2 Å². The quantitative estimate of drug-likeness (QED) is 0.380. The zero-order chi connectivity index (χ0) is 18.0. The van der Waals surface area contributed by atoms with Crippen LogP contribution in [-0.4, -0.2) is 28.0 Å². The number of aromatic nitrogens is 3. The van der Waals surface area contributed by atoms with Crippen LogP contribution in [-0.2, 0) is 4.74 Å². The van der Waals surface area contributed by atoms with Crippen LogP contribution in [0.2, 0.25) is 0 Å². The fourth-order valence-electron chi connectivity index (χ4n) is 2.18. The van der Waals surface area contributed by atoms with Crippen LogP contribution in [0, 0.1) is 0 Å². The topological polar surface area (TPSA) is 96.2 Å². The van der Waals surface area contributed by atoms with Crippen LogP contribution in [0.3, 0.4) is 0 Å². The third-order valence-corrected chi connectivity index (χ3v) is 5.24. The van der Waals surface area contributed by atoms with Crippen molar-refractivity contribution in [2.75, 3.05) is 13.0 Å². The molecule has 1 atom stereocenters. The number of rotatable bonds is 5. The number of methoxy groups -OCH3 is 1. The van der Waals surface area contributed by atoms with E-state index in [4.69, 9.17) is 10.3 Å². The van der Waals surface area contributed by atoms with E-state index in [0.717, 1.165) is 10.0 Å². The highest BCUT2D eigenvalue weighted by atomic mass is 79.9. The van der Waals surface area contributed by atoms with E-state index < -0.39 is 5.97 Å². The zero-order valence-corrected chi connectivity index (χ0v) is 15.9. The van der Waals surface area contributed by atoms with E-state index in [9.17, 15) is 4.79 Å². The highest BCUT2D eigenvalue weighted by Crippen LogP contribution is 2.36. The number of carbonyl (C=O) groups is 1. The third kappa shape index (κ3) is 3.57. The van der Waals surface area contributed by atoms with E-state index in [2.05, 4.69) is 30.9 Å². The van der Waals surface area contributed by atoms with Gasteiger partial charge in [0.1, 0.15) is 5.76 Å². The first-order chi connectivity index (χ1) is 12.0. The Bertz CT molecular complexity index is 908. The molecule has 9 heteroatoms. The molecule has 0 radical (unpaired) electrons. The van der Waals surface area contributed by atoms with Gasteiger partial charge in [-0.05, 0) is 31.2 Å². The van der Waals surface area contributed by atoms with Crippen molar-refractivity contribution in [2.45, 2.75) is 17.3 Å². The normalized spacial score (nSPS) is 12.1. The van der Waals surface area contributed by atoms with Gasteiger partial charge in [0.2, 0.25) is 10.9 Å². The van der Waals surface area contributed by atoms with Crippen LogP contribution in [0.4, 0.5) is 0 Å². The summed E-state index contributed by atoms with van der Waals surface area (Å²) in [4.78, 5) is 11.5. The number of nitrogens with two attached hydrogens (primary N) is 1. The summed E-state index contributed by atoms with van der Waals surface area (Å²) in [5.41, 5.74) is 0.850. The van der Waals surface area contributed by atoms with Crippen LogP contribution >= 0.6 is 27.7 Å². The Morgan fingerprint density at radius 3 is 2.80 bits per heavy atom. The standard InChI is InChI=1S/C16H15BrN4O3S/c1-9(12-7-8-13(24-12)15(22)23-2)25-16-20-19-14(21(16)18)10-5-3-4-6-11(10)17/h3-9H,18H2,1-2H3. The van der Waals surface area contributed by atoms with Gasteiger partial charge in [0.15, 0.2) is 5.82 Å². The van der Waals surface area contributed by atoms with Gasteiger partial charge in [-0.15, -0.1) is 10.2 Å². The lowest BCUT2D eigenvalue weighted by molar-refractivity contribution is 0.0563. The van der Waals surface area contributed by atoms with Gasteiger partial charge in [-0.2, -0.15) is 0 Å². The second kappa shape index (κ2) is 7.32. The molecule has 1 aromatic carbocycles. The van der Waals surface area contributed by atoms with Crippen molar-refractivity contribution in [3.8, 4) is 11.4 Å². The zero-order valence-electron chi connectivity index (χ0n) is 13.5. The van der Waals surface area contributed by atoms with E-state index in [1.165, 1.54) is 23.5 Å². The van der Waals surface area contributed by atoms with Crippen molar-refractivity contribution >= 4 is 33.7 Å². The summed E-state index contributed by atoms with van der Waals surface area (Å²) in [6.45, 7) is 1.93. The number of benzene rings is 1. The molecule has 25 heavy (non-hydrogen) atoms. The molecule has 0 spiro atoms. The van der Waals surface area contributed by atoms with Crippen molar-refractivity contribution in [1.82, 2.24) is 14.9 Å². The number of nitrogens with zero attached hydrogens (tertiary/aromatic N) is 3. The number of furan rings is 1. The van der Waals surface area contributed by atoms with Crippen molar-refractivity contribution < 1.29 is 13.9 Å². The predicted octanol–water partition coefficient (Wildman–Crippen LogP) is 3.65. The van der Waals surface area contributed by atoms with Crippen LogP contribution in [0.25, 0.3) is 11.4 Å². The monoisotopic (exact) mass is 422 g/mol.